The minimum atomic E-state index is -3.92. The van der Waals surface area contributed by atoms with Crippen LogP contribution in [0, 0.1) is 20.8 Å². The highest BCUT2D eigenvalue weighted by molar-refractivity contribution is 7.41. The third-order valence-corrected chi connectivity index (χ3v) is 12.5. The predicted molar refractivity (Wildman–Crippen MR) is 163 cm³/mol. The largest absolute Gasteiger partial charge is 0.497 e. The summed E-state index contributed by atoms with van der Waals surface area (Å²) in [6.45, 7) is 5.69. The van der Waals surface area contributed by atoms with Gasteiger partial charge < -0.3 is 42.6 Å². The van der Waals surface area contributed by atoms with Crippen LogP contribution < -0.4 is 58.2 Å². The minimum Gasteiger partial charge on any atom is -0.497 e. The van der Waals surface area contributed by atoms with Crippen LogP contribution in [0.4, 0.5) is 0 Å². The van der Waals surface area contributed by atoms with E-state index in [1.807, 2.05) is 20.8 Å². The number of hydrogen-bond donors (Lipinski definition) is 0. The summed E-state index contributed by atoms with van der Waals surface area (Å²) in [5.41, 5.74) is 2.19. The highest BCUT2D eigenvalue weighted by atomic mass is 35.6. The van der Waals surface area contributed by atoms with Gasteiger partial charge in [0.05, 0.1) is 64.0 Å². The van der Waals surface area contributed by atoms with Gasteiger partial charge in [0.2, 0.25) is 0 Å². The zero-order chi connectivity index (χ0) is 30.6. The molecule has 0 N–H and O–H groups in total. The van der Waals surface area contributed by atoms with E-state index in [-0.39, 0.29) is 0 Å². The summed E-state index contributed by atoms with van der Waals surface area (Å²) < 4.78 is 53.2. The van der Waals surface area contributed by atoms with Gasteiger partial charge in [-0.05, 0) is 20.8 Å². The van der Waals surface area contributed by atoms with Crippen LogP contribution in [-0.4, -0.2) is 71.4 Å². The second-order valence-corrected chi connectivity index (χ2v) is 13.6. The molecule has 0 bridgehead atoms. The summed E-state index contributed by atoms with van der Waals surface area (Å²) in [4.78, 5) is 0. The summed E-state index contributed by atoms with van der Waals surface area (Å²) in [5.74, 6) is 4.51. The molecule has 0 saturated heterocycles. The van der Waals surface area contributed by atoms with Gasteiger partial charge in [-0.2, -0.15) is 0 Å². The number of hydrogen-bond acceptors (Lipinski definition) is 9. The molecule has 0 saturated carbocycles. The van der Waals surface area contributed by atoms with Gasteiger partial charge in [-0.15, -0.1) is 11.1 Å². The fourth-order valence-corrected chi connectivity index (χ4v) is 11.1. The van der Waals surface area contributed by atoms with Crippen molar-refractivity contribution in [3.63, 3.8) is 0 Å². The maximum atomic E-state index is 8.26. The van der Waals surface area contributed by atoms with Crippen molar-refractivity contribution in [1.29, 1.82) is 0 Å². The molecular weight excluding hydrogens is 568 g/mol. The normalized spacial score (nSPS) is 11.0. The van der Waals surface area contributed by atoms with Crippen LogP contribution in [0.5, 0.6) is 51.7 Å². The number of ether oxygens (including phenoxy) is 9. The third kappa shape index (κ3) is 5.03. The highest BCUT2D eigenvalue weighted by Gasteiger charge is 2.52. The monoisotopic (exact) mass is 606 g/mol. The van der Waals surface area contributed by atoms with Gasteiger partial charge in [0.25, 0.3) is 7.38 Å². The molecule has 0 unspecified atom stereocenters. The van der Waals surface area contributed by atoms with Crippen LogP contribution in [-0.2, 0) is 0 Å². The van der Waals surface area contributed by atoms with Crippen LogP contribution in [0.3, 0.4) is 0 Å². The van der Waals surface area contributed by atoms with Crippen LogP contribution in [0.25, 0.3) is 0 Å². The Morgan fingerprint density at radius 3 is 0.780 bits per heavy atom. The van der Waals surface area contributed by atoms with Gasteiger partial charge in [0, 0.05) is 50.4 Å². The molecule has 3 aromatic carbocycles. The first-order chi connectivity index (χ1) is 19.6. The van der Waals surface area contributed by atoms with E-state index in [0.717, 1.165) is 16.7 Å². The Balaban J connectivity index is 2.82. The first-order valence-electron chi connectivity index (χ1n) is 12.7. The maximum Gasteiger partial charge on any atom is 0.270 e. The lowest BCUT2D eigenvalue weighted by Gasteiger charge is -2.35. The van der Waals surface area contributed by atoms with Crippen molar-refractivity contribution >= 4 is 34.0 Å². The molecule has 3 rings (SSSR count). The van der Waals surface area contributed by atoms with Gasteiger partial charge in [-0.25, -0.2) is 0 Å². The molecule has 224 valence electrons. The summed E-state index contributed by atoms with van der Waals surface area (Å²) in [7, 11) is 10.3. The first kappa shape index (κ1) is 31.9. The summed E-state index contributed by atoms with van der Waals surface area (Å²) in [5, 5.41) is 1.76. The number of methoxy groups -OCH3 is 9. The average Bonchev–Trinajstić information content (AvgIpc) is 2.99. The Kier molecular flexibility index (Phi) is 10.0. The molecule has 0 atom stereocenters. The highest BCUT2D eigenvalue weighted by Crippen LogP contribution is 2.43. The van der Waals surface area contributed by atoms with Gasteiger partial charge >= 0.3 is 0 Å². The van der Waals surface area contributed by atoms with Crippen LogP contribution in [0.2, 0.25) is 0 Å². The molecular formula is C30H39ClO9Si. The molecule has 0 aromatic heterocycles. The summed E-state index contributed by atoms with van der Waals surface area (Å²) >= 11 is 8.26. The number of benzene rings is 3. The molecule has 0 aliphatic heterocycles. The molecule has 9 nitrogen and oxygen atoms in total. The Hall–Kier alpha value is -3.63. The maximum absolute atomic E-state index is 8.26. The smallest absolute Gasteiger partial charge is 0.270 e. The van der Waals surface area contributed by atoms with Crippen LogP contribution >= 0.6 is 11.1 Å². The lowest BCUT2D eigenvalue weighted by Crippen LogP contribution is -2.64. The standard InChI is InChI=1S/C30H39ClO9Si/c1-16-19(32-4)13-22(35-7)28(25(16)38-10)41(31,29-23(36-8)14-20(33-5)17(2)26(29)39-11)30-24(37-9)15-21(34-6)18(3)27(30)40-12/h13-15H,1-12H3. The molecule has 11 heteroatoms. The quantitative estimate of drug-likeness (QED) is 0.173. The Morgan fingerprint density at radius 2 is 0.610 bits per heavy atom. The van der Waals surface area contributed by atoms with Gasteiger partial charge in [0.15, 0.2) is 0 Å². The van der Waals surface area contributed by atoms with Gasteiger partial charge in [0.1, 0.15) is 51.7 Å². The van der Waals surface area contributed by atoms with Crippen molar-refractivity contribution in [2.24, 2.45) is 0 Å². The van der Waals surface area contributed by atoms with Crippen molar-refractivity contribution in [2.75, 3.05) is 64.0 Å². The SMILES string of the molecule is COc1cc(OC)c([Si](Cl)(c2c(OC)cc(OC)c(C)c2OC)c2c(OC)cc(OC)c(C)c2OC)c(OC)c1C. The Bertz CT molecular complexity index is 1260. The fraction of sp³-hybridized carbons (Fsp3) is 0.400. The third-order valence-electron chi connectivity index (χ3n) is 7.30. The average molecular weight is 607 g/mol. The molecule has 0 heterocycles. The second-order valence-electron chi connectivity index (χ2n) is 9.10. The Morgan fingerprint density at radius 1 is 0.390 bits per heavy atom. The lowest BCUT2D eigenvalue weighted by atomic mass is 10.1. The first-order valence-corrected chi connectivity index (χ1v) is 15.7. The lowest BCUT2D eigenvalue weighted by molar-refractivity contribution is 0.373. The predicted octanol–water partition coefficient (Wildman–Crippen LogP) is 3.89. The molecule has 0 radical (unpaired) electrons. The van der Waals surface area contributed by atoms with E-state index in [4.69, 9.17) is 53.7 Å². The molecule has 41 heavy (non-hydrogen) atoms. The zero-order valence-electron chi connectivity index (χ0n) is 25.8. The zero-order valence-corrected chi connectivity index (χ0v) is 27.5. The van der Waals surface area contributed by atoms with Crippen molar-refractivity contribution in [3.8, 4) is 51.7 Å². The van der Waals surface area contributed by atoms with E-state index in [0.29, 0.717) is 67.3 Å². The number of halogens is 1. The molecule has 3 aromatic rings. The fourth-order valence-electron chi connectivity index (χ4n) is 5.37. The molecule has 0 fully saturated rings. The van der Waals surface area contributed by atoms with Crippen LogP contribution in [0.15, 0.2) is 18.2 Å². The molecule has 0 spiro atoms. The number of rotatable bonds is 12. The van der Waals surface area contributed by atoms with Crippen molar-refractivity contribution in [3.05, 3.63) is 34.9 Å². The summed E-state index contributed by atoms with van der Waals surface area (Å²) in [6.07, 6.45) is 0. The molecule has 0 amide bonds. The van der Waals surface area contributed by atoms with Crippen LogP contribution in [0.1, 0.15) is 16.7 Å². The molecule has 0 aliphatic carbocycles. The van der Waals surface area contributed by atoms with E-state index in [1.165, 1.54) is 0 Å². The van der Waals surface area contributed by atoms with E-state index in [2.05, 4.69) is 0 Å². The van der Waals surface area contributed by atoms with Crippen molar-refractivity contribution < 1.29 is 42.6 Å². The van der Waals surface area contributed by atoms with Crippen molar-refractivity contribution in [1.82, 2.24) is 0 Å². The van der Waals surface area contributed by atoms with E-state index < -0.39 is 7.38 Å². The second kappa shape index (κ2) is 12.9. The minimum absolute atomic E-state index is 0.445. The van der Waals surface area contributed by atoms with E-state index in [9.17, 15) is 0 Å². The van der Waals surface area contributed by atoms with Gasteiger partial charge in [-0.1, -0.05) is 0 Å². The van der Waals surface area contributed by atoms with Crippen molar-refractivity contribution in [2.45, 2.75) is 20.8 Å². The topological polar surface area (TPSA) is 83.1 Å². The van der Waals surface area contributed by atoms with E-state index >= 15 is 0 Å². The summed E-state index contributed by atoms with van der Waals surface area (Å²) in [6, 6.07) is 5.38. The van der Waals surface area contributed by atoms with E-state index in [1.54, 1.807) is 82.2 Å². The molecule has 0 aliphatic rings. The Labute approximate surface area is 247 Å². The van der Waals surface area contributed by atoms with Gasteiger partial charge in [-0.3, -0.25) is 0 Å².